The van der Waals surface area contributed by atoms with Gasteiger partial charge in [-0.1, -0.05) is 18.2 Å². The summed E-state index contributed by atoms with van der Waals surface area (Å²) in [5.74, 6) is -0.253. The maximum atomic E-state index is 11.9. The van der Waals surface area contributed by atoms with Crippen LogP contribution < -0.4 is 5.43 Å². The fourth-order valence-corrected chi connectivity index (χ4v) is 2.44. The number of hydrogen-bond acceptors (Lipinski definition) is 3. The van der Waals surface area contributed by atoms with Gasteiger partial charge in [-0.15, -0.1) is 0 Å². The second kappa shape index (κ2) is 5.81. The van der Waals surface area contributed by atoms with E-state index in [0.29, 0.717) is 5.56 Å². The first kappa shape index (κ1) is 14.0. The summed E-state index contributed by atoms with van der Waals surface area (Å²) in [4.78, 5) is 15.8. The smallest absolute Gasteiger partial charge is 0.271 e. The van der Waals surface area contributed by atoms with Gasteiger partial charge in [-0.2, -0.15) is 5.10 Å². The number of benzene rings is 1. The number of rotatable bonds is 3. The molecule has 0 aliphatic rings. The molecule has 3 rings (SSSR count). The molecule has 0 radical (unpaired) electrons. The number of hydrazone groups is 1. The molecule has 0 unspecified atom stereocenters. The van der Waals surface area contributed by atoms with E-state index in [9.17, 15) is 4.79 Å². The van der Waals surface area contributed by atoms with Crippen molar-refractivity contribution in [2.75, 3.05) is 0 Å². The number of nitrogens with zero attached hydrogens (tertiary/aromatic N) is 3. The van der Waals surface area contributed by atoms with Crippen molar-refractivity contribution in [3.63, 3.8) is 0 Å². The molecule has 3 aromatic rings. The van der Waals surface area contributed by atoms with Crippen molar-refractivity contribution < 1.29 is 4.79 Å². The molecule has 22 heavy (non-hydrogen) atoms. The maximum absolute atomic E-state index is 11.9. The number of pyridine rings is 1. The van der Waals surface area contributed by atoms with Gasteiger partial charge in [0.1, 0.15) is 0 Å². The highest BCUT2D eigenvalue weighted by Crippen LogP contribution is 2.22. The van der Waals surface area contributed by atoms with Crippen LogP contribution in [-0.4, -0.2) is 21.7 Å². The minimum atomic E-state index is -0.253. The summed E-state index contributed by atoms with van der Waals surface area (Å²) in [6, 6.07) is 11.4. The topological polar surface area (TPSA) is 59.3 Å². The van der Waals surface area contributed by atoms with E-state index in [1.54, 1.807) is 30.7 Å². The molecule has 0 atom stereocenters. The van der Waals surface area contributed by atoms with E-state index in [1.807, 2.05) is 32.2 Å². The zero-order chi connectivity index (χ0) is 15.5. The number of nitrogens with one attached hydrogen (secondary N) is 1. The van der Waals surface area contributed by atoms with Crippen LogP contribution in [0.25, 0.3) is 10.9 Å². The van der Waals surface area contributed by atoms with Gasteiger partial charge in [0.15, 0.2) is 0 Å². The van der Waals surface area contributed by atoms with Crippen LogP contribution in [0.2, 0.25) is 0 Å². The lowest BCUT2D eigenvalue weighted by Gasteiger charge is -1.99. The zero-order valence-electron chi connectivity index (χ0n) is 12.4. The van der Waals surface area contributed by atoms with Gasteiger partial charge in [-0.05, 0) is 25.1 Å². The Bertz CT molecular complexity index is 850. The van der Waals surface area contributed by atoms with E-state index in [2.05, 4.69) is 26.1 Å². The fourth-order valence-electron chi connectivity index (χ4n) is 2.44. The molecule has 110 valence electrons. The predicted molar refractivity (Wildman–Crippen MR) is 87.0 cm³/mol. The second-order valence-corrected chi connectivity index (χ2v) is 5.01. The molecular formula is C17H16N4O. The summed E-state index contributed by atoms with van der Waals surface area (Å²) in [5, 5.41) is 5.20. The molecule has 1 N–H and O–H groups in total. The Morgan fingerprint density at radius 1 is 1.23 bits per heavy atom. The third-order valence-electron chi connectivity index (χ3n) is 3.75. The minimum absolute atomic E-state index is 0.253. The molecule has 0 saturated heterocycles. The van der Waals surface area contributed by atoms with Crippen LogP contribution in [0.5, 0.6) is 0 Å². The summed E-state index contributed by atoms with van der Waals surface area (Å²) >= 11 is 0. The predicted octanol–water partition coefficient (Wildman–Crippen LogP) is 2.65. The molecule has 5 nitrogen and oxygen atoms in total. The Morgan fingerprint density at radius 3 is 2.73 bits per heavy atom. The monoisotopic (exact) mass is 292 g/mol. The second-order valence-electron chi connectivity index (χ2n) is 5.01. The third kappa shape index (κ3) is 2.48. The highest BCUT2D eigenvalue weighted by molar-refractivity contribution is 6.02. The van der Waals surface area contributed by atoms with Crippen LogP contribution >= 0.6 is 0 Å². The van der Waals surface area contributed by atoms with Crippen LogP contribution in [-0.2, 0) is 7.05 Å². The van der Waals surface area contributed by atoms with E-state index in [-0.39, 0.29) is 5.91 Å². The number of para-hydroxylation sites is 1. The van der Waals surface area contributed by atoms with Crippen molar-refractivity contribution in [3.05, 3.63) is 65.6 Å². The van der Waals surface area contributed by atoms with Crippen LogP contribution in [0.1, 0.15) is 21.6 Å². The first-order valence-corrected chi connectivity index (χ1v) is 6.96. The highest BCUT2D eigenvalue weighted by atomic mass is 16.2. The first-order chi connectivity index (χ1) is 10.7. The van der Waals surface area contributed by atoms with Gasteiger partial charge in [-0.25, -0.2) is 5.43 Å². The molecular weight excluding hydrogens is 276 g/mol. The number of aromatic nitrogens is 2. The Hall–Kier alpha value is -2.95. The normalized spacial score (nSPS) is 11.2. The van der Waals surface area contributed by atoms with Crippen LogP contribution in [0, 0.1) is 6.92 Å². The molecule has 0 fully saturated rings. The van der Waals surface area contributed by atoms with E-state index >= 15 is 0 Å². The van der Waals surface area contributed by atoms with Crippen molar-refractivity contribution in [1.29, 1.82) is 0 Å². The molecule has 2 heterocycles. The summed E-state index contributed by atoms with van der Waals surface area (Å²) in [6.45, 7) is 2.03. The van der Waals surface area contributed by atoms with Crippen molar-refractivity contribution in [1.82, 2.24) is 15.0 Å². The Morgan fingerprint density at radius 2 is 1.95 bits per heavy atom. The lowest BCUT2D eigenvalue weighted by Crippen LogP contribution is -2.17. The summed E-state index contributed by atoms with van der Waals surface area (Å²) in [7, 11) is 2.02. The van der Waals surface area contributed by atoms with Gasteiger partial charge in [0, 0.05) is 47.2 Å². The first-order valence-electron chi connectivity index (χ1n) is 6.96. The molecule has 2 aromatic heterocycles. The lowest BCUT2D eigenvalue weighted by molar-refractivity contribution is 0.0955. The Labute approximate surface area is 128 Å². The number of amides is 1. The quantitative estimate of drug-likeness (QED) is 0.596. The number of hydrogen-bond donors (Lipinski definition) is 1. The Kier molecular flexibility index (Phi) is 3.70. The van der Waals surface area contributed by atoms with Crippen molar-refractivity contribution in [2.45, 2.75) is 6.92 Å². The minimum Gasteiger partial charge on any atom is -0.347 e. The van der Waals surface area contributed by atoms with Crippen molar-refractivity contribution in [3.8, 4) is 0 Å². The standard InChI is InChI=1S/C17H16N4O/c1-12-15(14-5-3-4-6-16(14)21(12)2)11-19-20-17(22)13-7-9-18-10-8-13/h3-11H,1-2H3,(H,20,22)/b19-11+. The van der Waals surface area contributed by atoms with Crippen LogP contribution in [0.4, 0.5) is 0 Å². The molecule has 0 bridgehead atoms. The molecule has 0 aliphatic carbocycles. The summed E-state index contributed by atoms with van der Waals surface area (Å²) < 4.78 is 2.11. The summed E-state index contributed by atoms with van der Waals surface area (Å²) in [5.41, 5.74) is 6.32. The largest absolute Gasteiger partial charge is 0.347 e. The van der Waals surface area contributed by atoms with Gasteiger partial charge in [-0.3, -0.25) is 9.78 Å². The van der Waals surface area contributed by atoms with Gasteiger partial charge >= 0.3 is 0 Å². The highest BCUT2D eigenvalue weighted by Gasteiger charge is 2.09. The van der Waals surface area contributed by atoms with E-state index in [4.69, 9.17) is 0 Å². The SMILES string of the molecule is Cc1c(/C=N/NC(=O)c2ccncc2)c2ccccc2n1C. The lowest BCUT2D eigenvalue weighted by atomic mass is 10.1. The zero-order valence-corrected chi connectivity index (χ0v) is 12.4. The van der Waals surface area contributed by atoms with E-state index in [0.717, 1.165) is 22.2 Å². The Balaban J connectivity index is 1.85. The van der Waals surface area contributed by atoms with Crippen LogP contribution in [0.3, 0.4) is 0 Å². The average Bonchev–Trinajstić information content (AvgIpc) is 2.81. The van der Waals surface area contributed by atoms with E-state index in [1.165, 1.54) is 0 Å². The number of aryl methyl sites for hydroxylation is 1. The third-order valence-corrected chi connectivity index (χ3v) is 3.75. The van der Waals surface area contributed by atoms with Gasteiger partial charge < -0.3 is 4.57 Å². The maximum Gasteiger partial charge on any atom is 0.271 e. The van der Waals surface area contributed by atoms with Gasteiger partial charge in [0.2, 0.25) is 0 Å². The van der Waals surface area contributed by atoms with Gasteiger partial charge in [0.25, 0.3) is 5.91 Å². The molecule has 1 amide bonds. The van der Waals surface area contributed by atoms with Gasteiger partial charge in [0.05, 0.1) is 6.21 Å². The van der Waals surface area contributed by atoms with Crippen molar-refractivity contribution >= 4 is 23.0 Å². The fraction of sp³-hybridized carbons (Fsp3) is 0.118. The molecule has 5 heteroatoms. The molecule has 0 spiro atoms. The number of carbonyl (C=O) groups is 1. The van der Waals surface area contributed by atoms with E-state index < -0.39 is 0 Å². The molecule has 0 aliphatic heterocycles. The number of fused-ring (bicyclic) bond motifs is 1. The molecule has 0 saturated carbocycles. The van der Waals surface area contributed by atoms with Crippen molar-refractivity contribution in [2.24, 2.45) is 12.1 Å². The number of carbonyl (C=O) groups excluding carboxylic acids is 1. The average molecular weight is 292 g/mol. The molecule has 1 aromatic carbocycles. The van der Waals surface area contributed by atoms with Crippen LogP contribution in [0.15, 0.2) is 53.9 Å². The summed E-state index contributed by atoms with van der Waals surface area (Å²) in [6.07, 6.45) is 4.84.